The maximum absolute atomic E-state index is 13.7. The van der Waals surface area contributed by atoms with E-state index in [1.54, 1.807) is 16.7 Å². The zero-order valence-corrected chi connectivity index (χ0v) is 57.3. The van der Waals surface area contributed by atoms with Gasteiger partial charge in [0.05, 0.1) is 47.7 Å². The van der Waals surface area contributed by atoms with Crippen LogP contribution in [0.4, 0.5) is 68.0 Å². The number of carbonyl (C=O) groups is 6. The van der Waals surface area contributed by atoms with Gasteiger partial charge in [-0.1, -0.05) is 116 Å². The highest BCUT2D eigenvalue weighted by molar-refractivity contribution is 14.1. The number of anilines is 5. The molecule has 0 radical (unpaired) electrons. The number of benzene rings is 5. The second-order valence-corrected chi connectivity index (χ2v) is 27.8. The van der Waals surface area contributed by atoms with Crippen LogP contribution in [-0.2, 0) is 56.8 Å². The SMILES string of the molecule is COC(=O)C1(C2CCCC2)CC(=O)N(c2c(C)cccc2C)C1.COC(=O)C1CC(=O)N(c2c(C)cccc2C)C1.Cc1cc(NC(=O)C2(C3CCCC3)CC(=O)N(c3c(C)cccc3C)C2)cc(C(F)(F)F)c1.IC1CCCC1.Nc1cc(C(F)(F)F)cc(C(F)(F)F)c1. The van der Waals surface area contributed by atoms with Gasteiger partial charge >= 0.3 is 30.5 Å². The fraction of sp³-hybridized carbons (Fsp3) is 0.500. The number of amides is 4. The third kappa shape index (κ3) is 18.1. The van der Waals surface area contributed by atoms with Crippen molar-refractivity contribution in [1.29, 1.82) is 0 Å². The normalized spacial score (nSPS) is 20.9. The molecule has 3 aliphatic heterocycles. The van der Waals surface area contributed by atoms with Gasteiger partial charge in [-0.25, -0.2) is 0 Å². The number of nitrogens with zero attached hydrogens (tertiary/aromatic N) is 3. The Morgan fingerprint density at radius 1 is 0.516 bits per heavy atom. The first-order valence-corrected chi connectivity index (χ1v) is 33.2. The van der Waals surface area contributed by atoms with E-state index in [4.69, 9.17) is 15.2 Å². The largest absolute Gasteiger partial charge is 0.469 e. The predicted octanol–water partition coefficient (Wildman–Crippen LogP) is 17.1. The smallest absolute Gasteiger partial charge is 0.416 e. The molecule has 3 atom stereocenters. The molecule has 3 saturated carbocycles. The minimum atomic E-state index is -4.84. The third-order valence-electron chi connectivity index (χ3n) is 19.1. The van der Waals surface area contributed by atoms with E-state index < -0.39 is 51.7 Å². The van der Waals surface area contributed by atoms with E-state index in [0.717, 1.165) is 118 Å². The highest BCUT2D eigenvalue weighted by Crippen LogP contribution is 2.51. The average molecular weight is 1450 g/mol. The van der Waals surface area contributed by atoms with Gasteiger partial charge in [0, 0.05) is 71.3 Å². The molecule has 6 aliphatic rings. The number of hydrogen-bond donors (Lipinski definition) is 2. The zero-order valence-electron chi connectivity index (χ0n) is 55.2. The Morgan fingerprint density at radius 2 is 0.895 bits per heavy atom. The van der Waals surface area contributed by atoms with Gasteiger partial charge < -0.3 is 35.2 Å². The molecule has 3 aliphatic carbocycles. The first-order chi connectivity index (χ1) is 44.5. The van der Waals surface area contributed by atoms with Crippen molar-refractivity contribution in [2.75, 3.05) is 59.6 Å². The molecule has 0 bridgehead atoms. The van der Waals surface area contributed by atoms with E-state index in [-0.39, 0.29) is 90.9 Å². The average Bonchev–Trinajstić information content (AvgIpc) is 1.61. The summed E-state index contributed by atoms with van der Waals surface area (Å²) in [5, 5.41) is 2.76. The van der Waals surface area contributed by atoms with Crippen molar-refractivity contribution in [2.45, 2.75) is 167 Å². The predicted molar refractivity (Wildman–Crippen MR) is 357 cm³/mol. The summed E-state index contributed by atoms with van der Waals surface area (Å²) in [5.41, 5.74) is 8.53. The molecule has 5 aromatic rings. The lowest BCUT2D eigenvalue weighted by Crippen LogP contribution is -2.44. The molecular weight excluding hydrogens is 1360 g/mol. The van der Waals surface area contributed by atoms with E-state index in [9.17, 15) is 68.3 Å². The number of carbonyl (C=O) groups excluding carboxylic acids is 6. The molecule has 3 unspecified atom stereocenters. The summed E-state index contributed by atoms with van der Waals surface area (Å²) in [5.74, 6) is -1.05. The molecule has 3 saturated heterocycles. The fourth-order valence-electron chi connectivity index (χ4n) is 14.4. The van der Waals surface area contributed by atoms with Crippen LogP contribution in [0.25, 0.3) is 0 Å². The van der Waals surface area contributed by atoms with Crippen molar-refractivity contribution in [3.63, 3.8) is 0 Å². The lowest BCUT2D eigenvalue weighted by molar-refractivity contribution is -0.155. The molecule has 23 heteroatoms. The third-order valence-corrected chi connectivity index (χ3v) is 20.3. The van der Waals surface area contributed by atoms with Crippen molar-refractivity contribution in [3.05, 3.63) is 147 Å². The lowest BCUT2D eigenvalue weighted by atomic mass is 9.72. The lowest BCUT2D eigenvalue weighted by Gasteiger charge is -2.34. The quantitative estimate of drug-likeness (QED) is 0.0480. The summed E-state index contributed by atoms with van der Waals surface area (Å²) in [7, 11) is 2.79. The topological polar surface area (TPSA) is 169 Å². The number of alkyl halides is 10. The molecular formula is C72H85F9IN5O8. The summed E-state index contributed by atoms with van der Waals surface area (Å²) < 4.78 is 123. The van der Waals surface area contributed by atoms with Crippen LogP contribution in [0, 0.1) is 77.0 Å². The summed E-state index contributed by atoms with van der Waals surface area (Å²) in [6.45, 7) is 14.5. The molecule has 95 heavy (non-hydrogen) atoms. The highest BCUT2D eigenvalue weighted by Gasteiger charge is 2.57. The van der Waals surface area contributed by atoms with Crippen LogP contribution >= 0.6 is 22.6 Å². The number of nitrogens with two attached hydrogens (primary N) is 1. The number of methoxy groups -OCH3 is 2. The Kier molecular flexibility index (Phi) is 24.8. The van der Waals surface area contributed by atoms with Crippen LogP contribution in [0.1, 0.15) is 152 Å². The maximum atomic E-state index is 13.7. The van der Waals surface area contributed by atoms with Crippen LogP contribution in [0.3, 0.4) is 0 Å². The first-order valence-electron chi connectivity index (χ1n) is 32.0. The fourth-order valence-corrected chi connectivity index (χ4v) is 15.3. The van der Waals surface area contributed by atoms with E-state index >= 15 is 0 Å². The molecule has 3 N–H and O–H groups in total. The van der Waals surface area contributed by atoms with Gasteiger partial charge in [0.1, 0.15) is 0 Å². The Bertz CT molecular complexity index is 3500. The molecule has 3 heterocycles. The van der Waals surface area contributed by atoms with Crippen LogP contribution in [-0.4, -0.2) is 73.3 Å². The molecule has 11 rings (SSSR count). The van der Waals surface area contributed by atoms with Crippen molar-refractivity contribution >= 4 is 86.6 Å². The molecule has 13 nitrogen and oxygen atoms in total. The second kappa shape index (κ2) is 31.3. The van der Waals surface area contributed by atoms with Crippen molar-refractivity contribution in [2.24, 2.45) is 28.6 Å². The van der Waals surface area contributed by atoms with E-state index in [1.807, 2.05) is 101 Å². The van der Waals surface area contributed by atoms with Crippen LogP contribution in [0.5, 0.6) is 0 Å². The number of ether oxygens (including phenoxy) is 2. The molecule has 0 spiro atoms. The van der Waals surface area contributed by atoms with E-state index in [0.29, 0.717) is 30.8 Å². The van der Waals surface area contributed by atoms with E-state index in [2.05, 4.69) is 27.9 Å². The number of hydrogen-bond acceptors (Lipinski definition) is 9. The summed E-state index contributed by atoms with van der Waals surface area (Å²) >= 11 is 2.53. The van der Waals surface area contributed by atoms with Gasteiger partial charge in [0.25, 0.3) is 0 Å². The van der Waals surface area contributed by atoms with E-state index in [1.165, 1.54) is 46.0 Å². The second-order valence-electron chi connectivity index (χ2n) is 26.0. The highest BCUT2D eigenvalue weighted by atomic mass is 127. The number of halogens is 10. The van der Waals surface area contributed by atoms with Gasteiger partial charge in [-0.15, -0.1) is 0 Å². The summed E-state index contributed by atoms with van der Waals surface area (Å²) in [6.07, 6.45) is 0.262. The Labute approximate surface area is 563 Å². The number of nitrogen functional groups attached to an aromatic ring is 1. The summed E-state index contributed by atoms with van der Waals surface area (Å²) in [6, 6.07) is 22.3. The minimum Gasteiger partial charge on any atom is -0.469 e. The Hall–Kier alpha value is -7.18. The monoisotopic (exact) mass is 1450 g/mol. The van der Waals surface area contributed by atoms with Gasteiger partial charge in [-0.3, -0.25) is 28.8 Å². The number of esters is 2. The van der Waals surface area contributed by atoms with Crippen molar-refractivity contribution < 1.29 is 77.8 Å². The van der Waals surface area contributed by atoms with Gasteiger partial charge in [-0.05, 0) is 174 Å². The molecule has 5 aromatic carbocycles. The Morgan fingerprint density at radius 3 is 1.28 bits per heavy atom. The maximum Gasteiger partial charge on any atom is 0.416 e. The van der Waals surface area contributed by atoms with Gasteiger partial charge in [0.2, 0.25) is 23.6 Å². The van der Waals surface area contributed by atoms with Gasteiger partial charge in [0.15, 0.2) is 0 Å². The number of aryl methyl sites for hydroxylation is 7. The minimum absolute atomic E-state index is 0.0113. The summed E-state index contributed by atoms with van der Waals surface area (Å²) in [4.78, 5) is 81.1. The van der Waals surface area contributed by atoms with Crippen molar-refractivity contribution in [3.8, 4) is 0 Å². The van der Waals surface area contributed by atoms with Gasteiger partial charge in [-0.2, -0.15) is 39.5 Å². The molecule has 0 aromatic heterocycles. The van der Waals surface area contributed by atoms with Crippen LogP contribution in [0.15, 0.2) is 91.0 Å². The zero-order chi connectivity index (χ0) is 70.1. The number of para-hydroxylation sites is 3. The number of nitrogens with one attached hydrogen (secondary N) is 1. The molecule has 516 valence electrons. The molecule has 6 fully saturated rings. The van der Waals surface area contributed by atoms with Crippen LogP contribution in [0.2, 0.25) is 0 Å². The Balaban J connectivity index is 0.000000180. The molecule has 4 amide bonds. The first kappa shape index (κ1) is 75.2. The standard InChI is InChI=1S/C26H29F3N2O2.C19H25NO3.C14H17NO3.C8H5F6N.C5H9I/c1-16-11-20(26(27,28)29)13-21(12-16)30-24(33)25(19-9-4-5-10-19)14-22(32)31(15-25)23-17(2)7-6-8-18(23)3;1-13-7-6-8-14(2)17(13)20-12-19(11-16(20)21,18(22)23-3)15-9-4-5-10-15;1-9-5-4-6-10(2)13(9)15-8-11(7-12(15)16)14(17)18-3;9-7(10,11)4-1-5(8(12,13)14)3-6(15)2-4;6-5-3-1-2-4-5/h6-8,11-13,19H,4-5,9-10,14-15H2,1-3H3,(H,30,33);6-8,15H,4-5,9-12H2,1-3H3;4-6,11H,7-8H2,1-3H3;1-3H,15H2;5H,1-4H2. The van der Waals surface area contributed by atoms with Crippen LogP contribution < -0.4 is 25.8 Å². The van der Waals surface area contributed by atoms with Crippen molar-refractivity contribution in [1.82, 2.24) is 0 Å². The number of rotatable bonds is 9.